The van der Waals surface area contributed by atoms with Crippen molar-refractivity contribution in [1.29, 1.82) is 0 Å². The second-order valence-corrected chi connectivity index (χ2v) is 13.0. The number of hydrogen-bond acceptors (Lipinski definition) is 5. The van der Waals surface area contributed by atoms with Gasteiger partial charge >= 0.3 is 0 Å². The smallest absolute Gasteiger partial charge is 0.268 e. The summed E-state index contributed by atoms with van der Waals surface area (Å²) in [4.78, 5) is 70.0. The maximum Gasteiger partial charge on any atom is 0.268 e. The van der Waals surface area contributed by atoms with E-state index in [1.165, 1.54) is 0 Å². The van der Waals surface area contributed by atoms with E-state index >= 15 is 0 Å². The number of rotatable bonds is 9. The van der Waals surface area contributed by atoms with Gasteiger partial charge in [0.25, 0.3) is 5.91 Å². The molecule has 4 fully saturated rings. The molecule has 0 spiro atoms. The van der Waals surface area contributed by atoms with Crippen LogP contribution in [0.2, 0.25) is 0 Å². The highest BCUT2D eigenvalue weighted by atomic mass is 16.2. The summed E-state index contributed by atoms with van der Waals surface area (Å²) in [6.07, 6.45) is 4.11. The first-order chi connectivity index (χ1) is 19.6. The number of fused-ring (bicyclic) bond motifs is 2. The zero-order chi connectivity index (χ0) is 29.1. The molecule has 1 aromatic heterocycles. The molecule has 0 radical (unpaired) electrons. The fourth-order valence-electron chi connectivity index (χ4n) is 7.23. The van der Waals surface area contributed by atoms with Gasteiger partial charge in [-0.25, -0.2) is 0 Å². The van der Waals surface area contributed by atoms with Gasteiger partial charge in [0.15, 0.2) is 0 Å². The Hall–Kier alpha value is -3.69. The van der Waals surface area contributed by atoms with Gasteiger partial charge in [-0.2, -0.15) is 0 Å². The monoisotopic (exact) mass is 561 g/mol. The van der Waals surface area contributed by atoms with Crippen LogP contribution in [-0.2, 0) is 19.2 Å². The Morgan fingerprint density at radius 3 is 2.63 bits per heavy atom. The Morgan fingerprint density at radius 2 is 1.95 bits per heavy atom. The molecule has 0 bridgehead atoms. The Kier molecular flexibility index (Phi) is 6.90. The van der Waals surface area contributed by atoms with Crippen LogP contribution in [-0.4, -0.2) is 71.0 Å². The van der Waals surface area contributed by atoms with Crippen molar-refractivity contribution in [3.05, 3.63) is 35.5 Å². The van der Waals surface area contributed by atoms with Crippen LogP contribution < -0.4 is 16.0 Å². The molecular weight excluding hydrogens is 522 g/mol. The molecule has 4 aliphatic rings. The molecule has 3 heterocycles. The third-order valence-electron chi connectivity index (χ3n) is 9.96. The van der Waals surface area contributed by atoms with E-state index in [1.807, 2.05) is 31.2 Å². The molecule has 6 rings (SSSR count). The Morgan fingerprint density at radius 1 is 1.17 bits per heavy atom. The molecule has 6 atom stereocenters. The van der Waals surface area contributed by atoms with Crippen LogP contribution in [0.5, 0.6) is 0 Å². The molecule has 2 saturated carbocycles. The fourth-order valence-corrected chi connectivity index (χ4v) is 7.23. The number of aromatic amines is 1. The second-order valence-electron chi connectivity index (χ2n) is 13.0. The van der Waals surface area contributed by atoms with Crippen LogP contribution in [0, 0.1) is 36.0 Å². The zero-order valence-electron chi connectivity index (χ0n) is 23.9. The number of aryl methyl sites for hydroxylation is 1. The summed E-state index contributed by atoms with van der Waals surface area (Å²) in [5.41, 5.74) is 2.21. The van der Waals surface area contributed by atoms with Crippen molar-refractivity contribution in [1.82, 2.24) is 25.8 Å². The van der Waals surface area contributed by atoms with Crippen molar-refractivity contribution >= 4 is 40.8 Å². The van der Waals surface area contributed by atoms with Crippen LogP contribution >= 0.6 is 0 Å². The lowest BCUT2D eigenvalue weighted by atomic mass is 9.91. The van der Waals surface area contributed by atoms with Gasteiger partial charge in [0.05, 0.1) is 6.04 Å². The summed E-state index contributed by atoms with van der Waals surface area (Å²) >= 11 is 0. The van der Waals surface area contributed by atoms with Gasteiger partial charge in [-0.15, -0.1) is 0 Å². The molecule has 10 heteroatoms. The molecular formula is C31H39N5O5. The second kappa shape index (κ2) is 10.3. The lowest BCUT2D eigenvalue weighted by Gasteiger charge is -2.34. The van der Waals surface area contributed by atoms with Crippen molar-refractivity contribution < 1.29 is 24.0 Å². The average molecular weight is 562 g/mol. The normalized spacial score (nSPS) is 27.9. The van der Waals surface area contributed by atoms with Crippen LogP contribution in [0.3, 0.4) is 0 Å². The van der Waals surface area contributed by atoms with Gasteiger partial charge in [-0.3, -0.25) is 19.2 Å². The number of hydrogen-bond donors (Lipinski definition) is 4. The number of aromatic nitrogens is 1. The topological polar surface area (TPSA) is 140 Å². The molecule has 2 aliphatic heterocycles. The van der Waals surface area contributed by atoms with E-state index in [0.717, 1.165) is 35.7 Å². The van der Waals surface area contributed by atoms with Gasteiger partial charge in [0, 0.05) is 29.9 Å². The molecule has 218 valence electrons. The molecule has 2 aromatic rings. The maximum atomic E-state index is 14.0. The number of amides is 4. The molecule has 1 aromatic carbocycles. The first-order valence-electron chi connectivity index (χ1n) is 14.8. The number of benzene rings is 1. The number of likely N-dealkylation sites (tertiary alicyclic amines) is 1. The third kappa shape index (κ3) is 5.02. The molecule has 0 unspecified atom stereocenters. The number of nitrogens with zero attached hydrogens (tertiary/aromatic N) is 1. The van der Waals surface area contributed by atoms with Crippen molar-refractivity contribution in [2.75, 3.05) is 13.1 Å². The van der Waals surface area contributed by atoms with Crippen molar-refractivity contribution in [3.63, 3.8) is 0 Å². The van der Waals surface area contributed by atoms with E-state index in [0.29, 0.717) is 31.5 Å². The molecule has 4 amide bonds. The average Bonchev–Trinajstić information content (AvgIpc) is 3.72. The first kappa shape index (κ1) is 27.5. The maximum absolute atomic E-state index is 14.0. The number of piperidine rings is 2. The number of aldehydes is 1. The standard InChI is InChI=1S/C31H39N5O5/c1-16-6-4-8-22-20(16)13-23(34-22)28(39)35-25(17-9-10-17)30(41)36-14-21-24(31(21,2)3)26(36)29(40)33-19(15-37)12-18-7-5-11-32-27(18)38/h4,6,8,13,15,17-19,21,24-26,34H,5,7,9-12,14H2,1-3H3,(H,32,38)(H,33,40)(H,35,39)/t18-,19-,21-,24-,25-,26-/m0/s1. The Labute approximate surface area is 239 Å². The minimum atomic E-state index is -0.807. The van der Waals surface area contributed by atoms with Crippen LogP contribution in [0.4, 0.5) is 0 Å². The lowest BCUT2D eigenvalue weighted by Crippen LogP contribution is -2.57. The highest BCUT2D eigenvalue weighted by molar-refractivity contribution is 6.01. The number of nitrogens with one attached hydrogen (secondary N) is 4. The summed E-state index contributed by atoms with van der Waals surface area (Å²) in [6.45, 7) is 7.26. The van der Waals surface area contributed by atoms with E-state index < -0.39 is 18.1 Å². The van der Waals surface area contributed by atoms with Crippen LogP contribution in [0.1, 0.15) is 62.0 Å². The van der Waals surface area contributed by atoms with E-state index in [1.54, 1.807) is 4.90 Å². The minimum Gasteiger partial charge on any atom is -0.356 e. The first-order valence-corrected chi connectivity index (χ1v) is 14.8. The molecule has 41 heavy (non-hydrogen) atoms. The molecule has 2 saturated heterocycles. The summed E-state index contributed by atoms with van der Waals surface area (Å²) in [7, 11) is 0. The van der Waals surface area contributed by atoms with Gasteiger partial charge < -0.3 is 30.6 Å². The van der Waals surface area contributed by atoms with Gasteiger partial charge in [-0.1, -0.05) is 26.0 Å². The van der Waals surface area contributed by atoms with E-state index in [4.69, 9.17) is 0 Å². The lowest BCUT2D eigenvalue weighted by molar-refractivity contribution is -0.142. The number of carbonyl (C=O) groups is 5. The van der Waals surface area contributed by atoms with Gasteiger partial charge in [0.1, 0.15) is 24.1 Å². The Bertz CT molecular complexity index is 1410. The highest BCUT2D eigenvalue weighted by Gasteiger charge is 2.69. The van der Waals surface area contributed by atoms with Crippen LogP contribution in [0.15, 0.2) is 24.3 Å². The summed E-state index contributed by atoms with van der Waals surface area (Å²) in [6, 6.07) is 5.38. The van der Waals surface area contributed by atoms with E-state index in [-0.39, 0.29) is 59.1 Å². The SMILES string of the molecule is Cc1cccc2[nH]c(C(=O)N[C@H](C(=O)N3C[C@H]4[C@@H]([C@H]3C(=O)N[C@H](C=O)C[C@@H]3CCCNC3=O)C4(C)C)C3CC3)cc12. The van der Waals surface area contributed by atoms with Crippen LogP contribution in [0.25, 0.3) is 10.9 Å². The zero-order valence-corrected chi connectivity index (χ0v) is 23.9. The number of H-pyrrole nitrogens is 1. The largest absolute Gasteiger partial charge is 0.356 e. The quantitative estimate of drug-likeness (QED) is 0.347. The van der Waals surface area contributed by atoms with E-state index in [2.05, 4.69) is 34.8 Å². The predicted octanol–water partition coefficient (Wildman–Crippen LogP) is 2.07. The minimum absolute atomic E-state index is 0.0241. The van der Waals surface area contributed by atoms with Gasteiger partial charge in [0.2, 0.25) is 17.7 Å². The Balaban J connectivity index is 1.18. The predicted molar refractivity (Wildman–Crippen MR) is 152 cm³/mol. The van der Waals surface area contributed by atoms with E-state index in [9.17, 15) is 24.0 Å². The molecule has 10 nitrogen and oxygen atoms in total. The van der Waals surface area contributed by atoms with Crippen molar-refractivity contribution in [2.24, 2.45) is 29.1 Å². The van der Waals surface area contributed by atoms with Gasteiger partial charge in [-0.05, 0) is 79.9 Å². The third-order valence-corrected chi connectivity index (χ3v) is 9.96. The van der Waals surface area contributed by atoms with Crippen molar-refractivity contribution in [3.8, 4) is 0 Å². The summed E-state index contributed by atoms with van der Waals surface area (Å²) < 4.78 is 0. The summed E-state index contributed by atoms with van der Waals surface area (Å²) in [5.74, 6) is -1.19. The molecule has 2 aliphatic carbocycles. The number of carbonyl (C=O) groups excluding carboxylic acids is 5. The molecule has 4 N–H and O–H groups in total. The fraction of sp³-hybridized carbons (Fsp3) is 0.581. The van der Waals surface area contributed by atoms with Crippen molar-refractivity contribution in [2.45, 2.75) is 71.0 Å². The highest BCUT2D eigenvalue weighted by Crippen LogP contribution is 2.65. The summed E-state index contributed by atoms with van der Waals surface area (Å²) in [5, 5.41) is 9.62.